The number of aromatic nitrogens is 1. The number of thiocarbonyl (C=S) groups is 1. The molecule has 5 heteroatoms. The van der Waals surface area contributed by atoms with Crippen LogP contribution in [0.25, 0.3) is 0 Å². The van der Waals surface area contributed by atoms with E-state index in [1.165, 1.54) is 15.3 Å². The van der Waals surface area contributed by atoms with Crippen LogP contribution in [0.15, 0.2) is 60.8 Å². The second-order valence-corrected chi connectivity index (χ2v) is 7.99. The van der Waals surface area contributed by atoms with E-state index in [0.29, 0.717) is 0 Å². The average Bonchev–Trinajstić information content (AvgIpc) is 3.18. The highest BCUT2D eigenvalue weighted by Gasteiger charge is 2.41. The van der Waals surface area contributed by atoms with E-state index in [1.807, 2.05) is 29.7 Å². The molecule has 2 atom stereocenters. The molecule has 1 aromatic carbocycles. The molecule has 3 aromatic rings. The van der Waals surface area contributed by atoms with Gasteiger partial charge < -0.3 is 10.2 Å². The van der Waals surface area contributed by atoms with Crippen LogP contribution < -0.4 is 10.2 Å². The van der Waals surface area contributed by atoms with Gasteiger partial charge >= 0.3 is 0 Å². The molecule has 0 bridgehead atoms. The van der Waals surface area contributed by atoms with Gasteiger partial charge in [-0.05, 0) is 68.0 Å². The topological polar surface area (TPSA) is 28.2 Å². The van der Waals surface area contributed by atoms with Gasteiger partial charge in [-0.15, -0.1) is 11.3 Å². The number of nitrogens with zero attached hydrogens (tertiary/aromatic N) is 2. The summed E-state index contributed by atoms with van der Waals surface area (Å²) in [4.78, 5) is 9.40. The van der Waals surface area contributed by atoms with Crippen LogP contribution in [0.5, 0.6) is 0 Å². The van der Waals surface area contributed by atoms with E-state index in [4.69, 9.17) is 12.2 Å². The Balaban J connectivity index is 1.83. The highest BCUT2D eigenvalue weighted by atomic mass is 32.1. The number of pyridine rings is 1. The predicted octanol–water partition coefficient (Wildman–Crippen LogP) is 4.94. The number of rotatable bonds is 3. The molecule has 0 saturated carbocycles. The zero-order chi connectivity index (χ0) is 17.4. The summed E-state index contributed by atoms with van der Waals surface area (Å²) in [5.74, 6) is 0. The molecule has 25 heavy (non-hydrogen) atoms. The standard InChI is InChI=1S/C20H19N3S2/c1-13-6-5-7-15(12-13)23-19(17-10-9-14(2)25-17)18(22-20(23)24)16-8-3-4-11-21-16/h3-12,18-19H,1-2H3,(H,22,24)/t18-,19-/m0/s1. The third kappa shape index (κ3) is 3.05. The van der Waals surface area contributed by atoms with Gasteiger partial charge in [-0.3, -0.25) is 4.98 Å². The number of benzene rings is 1. The molecular weight excluding hydrogens is 346 g/mol. The second-order valence-electron chi connectivity index (χ2n) is 6.28. The highest BCUT2D eigenvalue weighted by Crippen LogP contribution is 2.43. The van der Waals surface area contributed by atoms with Gasteiger partial charge in [-0.2, -0.15) is 0 Å². The lowest BCUT2D eigenvalue weighted by Gasteiger charge is -2.27. The van der Waals surface area contributed by atoms with E-state index in [2.05, 4.69) is 71.5 Å². The van der Waals surface area contributed by atoms with Crippen molar-refractivity contribution in [1.29, 1.82) is 0 Å². The van der Waals surface area contributed by atoms with Crippen LogP contribution in [-0.4, -0.2) is 10.1 Å². The van der Waals surface area contributed by atoms with Crippen LogP contribution in [-0.2, 0) is 0 Å². The van der Waals surface area contributed by atoms with Crippen molar-refractivity contribution < 1.29 is 0 Å². The van der Waals surface area contributed by atoms with E-state index >= 15 is 0 Å². The molecule has 1 saturated heterocycles. The normalized spacial score (nSPS) is 19.9. The van der Waals surface area contributed by atoms with Crippen molar-refractivity contribution in [2.75, 3.05) is 4.90 Å². The summed E-state index contributed by atoms with van der Waals surface area (Å²) in [5.41, 5.74) is 3.35. The molecule has 0 radical (unpaired) electrons. The van der Waals surface area contributed by atoms with Crippen molar-refractivity contribution in [3.8, 4) is 0 Å². The van der Waals surface area contributed by atoms with Crippen molar-refractivity contribution in [3.63, 3.8) is 0 Å². The first-order valence-corrected chi connectivity index (χ1v) is 9.49. The molecule has 3 nitrogen and oxygen atoms in total. The fraction of sp³-hybridized carbons (Fsp3) is 0.200. The Kier molecular flexibility index (Phi) is 4.27. The van der Waals surface area contributed by atoms with E-state index in [-0.39, 0.29) is 12.1 Å². The molecule has 0 spiro atoms. The van der Waals surface area contributed by atoms with Crippen molar-refractivity contribution in [2.24, 2.45) is 0 Å². The predicted molar refractivity (Wildman–Crippen MR) is 108 cm³/mol. The van der Waals surface area contributed by atoms with Crippen LogP contribution in [0.3, 0.4) is 0 Å². The Bertz CT molecular complexity index is 904. The summed E-state index contributed by atoms with van der Waals surface area (Å²) < 4.78 is 0. The van der Waals surface area contributed by atoms with E-state index in [0.717, 1.165) is 16.5 Å². The average molecular weight is 366 g/mol. The van der Waals surface area contributed by atoms with E-state index in [9.17, 15) is 0 Å². The van der Waals surface area contributed by atoms with Crippen LogP contribution in [0.2, 0.25) is 0 Å². The first kappa shape index (κ1) is 16.2. The smallest absolute Gasteiger partial charge is 0.174 e. The maximum absolute atomic E-state index is 5.72. The minimum Gasteiger partial charge on any atom is -0.351 e. The number of aryl methyl sites for hydroxylation is 2. The summed E-state index contributed by atoms with van der Waals surface area (Å²) in [6.07, 6.45) is 1.84. The molecule has 1 aliphatic rings. The Labute approximate surface area is 157 Å². The molecule has 3 heterocycles. The summed E-state index contributed by atoms with van der Waals surface area (Å²) in [7, 11) is 0. The van der Waals surface area contributed by atoms with Gasteiger partial charge in [-0.25, -0.2) is 0 Å². The lowest BCUT2D eigenvalue weighted by atomic mass is 10.0. The quantitative estimate of drug-likeness (QED) is 0.666. The Morgan fingerprint density at radius 1 is 1.08 bits per heavy atom. The fourth-order valence-corrected chi connectivity index (χ4v) is 4.66. The van der Waals surface area contributed by atoms with Crippen LogP contribution in [0.4, 0.5) is 5.69 Å². The zero-order valence-corrected chi connectivity index (χ0v) is 15.8. The maximum atomic E-state index is 5.72. The molecule has 1 N–H and O–H groups in total. The molecule has 126 valence electrons. The summed E-state index contributed by atoms with van der Waals surface area (Å²) >= 11 is 7.54. The number of anilines is 1. The van der Waals surface area contributed by atoms with Gasteiger partial charge in [0, 0.05) is 21.6 Å². The lowest BCUT2D eigenvalue weighted by molar-refractivity contribution is 0.575. The van der Waals surface area contributed by atoms with Gasteiger partial charge in [0.05, 0.1) is 17.8 Å². The largest absolute Gasteiger partial charge is 0.351 e. The molecule has 1 aliphatic heterocycles. The molecular formula is C20H19N3S2. The van der Waals surface area contributed by atoms with Crippen LogP contribution in [0.1, 0.15) is 33.1 Å². The number of nitrogens with one attached hydrogen (secondary N) is 1. The van der Waals surface area contributed by atoms with Gasteiger partial charge in [0.2, 0.25) is 0 Å². The minimum absolute atomic E-state index is 0.0345. The Hall–Kier alpha value is -2.24. The maximum Gasteiger partial charge on any atom is 0.174 e. The number of thiophene rings is 1. The summed E-state index contributed by atoms with van der Waals surface area (Å²) in [6.45, 7) is 4.25. The van der Waals surface area contributed by atoms with Gasteiger partial charge in [0.1, 0.15) is 0 Å². The zero-order valence-electron chi connectivity index (χ0n) is 14.1. The minimum atomic E-state index is 0.0345. The third-order valence-corrected chi connectivity index (χ3v) is 5.82. The van der Waals surface area contributed by atoms with Gasteiger partial charge in [-0.1, -0.05) is 18.2 Å². The molecule has 0 aliphatic carbocycles. The molecule has 4 rings (SSSR count). The van der Waals surface area contributed by atoms with Crippen LogP contribution >= 0.6 is 23.6 Å². The monoisotopic (exact) mass is 365 g/mol. The van der Waals surface area contributed by atoms with Crippen molar-refractivity contribution in [2.45, 2.75) is 25.9 Å². The number of hydrogen-bond donors (Lipinski definition) is 1. The Morgan fingerprint density at radius 3 is 2.64 bits per heavy atom. The summed E-state index contributed by atoms with van der Waals surface area (Å²) in [5, 5.41) is 4.25. The van der Waals surface area contributed by atoms with Gasteiger partial charge in [0.15, 0.2) is 5.11 Å². The summed E-state index contributed by atoms with van der Waals surface area (Å²) in [6, 6.07) is 19.0. The second kappa shape index (κ2) is 6.58. The third-order valence-electron chi connectivity index (χ3n) is 4.43. The first-order chi connectivity index (χ1) is 12.1. The fourth-order valence-electron chi connectivity index (χ4n) is 3.31. The SMILES string of the molecule is Cc1cccc(N2C(=S)N[C@@H](c3ccccn3)[C@@H]2c2ccc(C)s2)c1. The Morgan fingerprint density at radius 2 is 1.96 bits per heavy atom. The van der Waals surface area contributed by atoms with Crippen molar-refractivity contribution >= 4 is 34.4 Å². The molecule has 1 fully saturated rings. The lowest BCUT2D eigenvalue weighted by Crippen LogP contribution is -2.29. The molecule has 0 amide bonds. The van der Waals surface area contributed by atoms with E-state index < -0.39 is 0 Å². The molecule has 2 aromatic heterocycles. The molecule has 0 unspecified atom stereocenters. The number of hydrogen-bond acceptors (Lipinski definition) is 3. The highest BCUT2D eigenvalue weighted by molar-refractivity contribution is 7.80. The van der Waals surface area contributed by atoms with Gasteiger partial charge in [0.25, 0.3) is 0 Å². The van der Waals surface area contributed by atoms with Crippen molar-refractivity contribution in [1.82, 2.24) is 10.3 Å². The van der Waals surface area contributed by atoms with Crippen LogP contribution in [0, 0.1) is 13.8 Å². The van der Waals surface area contributed by atoms with Crippen molar-refractivity contribution in [3.05, 3.63) is 81.8 Å². The van der Waals surface area contributed by atoms with E-state index in [1.54, 1.807) is 0 Å². The first-order valence-electron chi connectivity index (χ1n) is 8.27.